The molecule has 0 aliphatic heterocycles. The molecule has 0 aliphatic rings. The van der Waals surface area contributed by atoms with Crippen molar-refractivity contribution >= 4 is 15.9 Å². The van der Waals surface area contributed by atoms with Crippen LogP contribution in [-0.4, -0.2) is 12.0 Å². The molecule has 0 fully saturated rings. The second-order valence-electron chi connectivity index (χ2n) is 0.621. The summed E-state index contributed by atoms with van der Waals surface area (Å²) in [7, 11) is 0. The largest absolute Gasteiger partial charge is 0.237 e. The van der Waals surface area contributed by atoms with Crippen molar-refractivity contribution in [2.45, 2.75) is 0 Å². The van der Waals surface area contributed by atoms with Gasteiger partial charge in [0.2, 0.25) is 0 Å². The molecule has 0 N–H and O–H groups in total. The zero-order valence-corrected chi connectivity index (χ0v) is 4.76. The first-order valence-corrected chi connectivity index (χ1v) is 2.61. The highest BCUT2D eigenvalue weighted by Gasteiger charge is 1.60. The summed E-state index contributed by atoms with van der Waals surface area (Å²) in [6.07, 6.45) is 0. The van der Waals surface area contributed by atoms with Gasteiger partial charge in [0.25, 0.3) is 0 Å². The molecule has 0 saturated heterocycles. The normalized spacial score (nSPS) is 6.33. The number of rotatable bonds is 0. The monoisotopic (exact) mass is 150 g/mol. The summed E-state index contributed by atoms with van der Waals surface area (Å²) in [5.41, 5.74) is 0. The van der Waals surface area contributed by atoms with Gasteiger partial charge in [-0.2, -0.15) is 0 Å². The Morgan fingerprint density at radius 3 is 2.33 bits per heavy atom. The van der Waals surface area contributed by atoms with E-state index in [4.69, 9.17) is 0 Å². The second kappa shape index (κ2) is 4.97. The van der Waals surface area contributed by atoms with E-state index in [0.717, 1.165) is 0 Å². The molecule has 0 radical (unpaired) electrons. The van der Waals surface area contributed by atoms with Crippen LogP contribution in [0, 0.1) is 11.8 Å². The summed E-state index contributed by atoms with van der Waals surface area (Å²) in [5.74, 6) is 4.72. The van der Waals surface area contributed by atoms with Crippen LogP contribution < -0.4 is 0 Å². The van der Waals surface area contributed by atoms with Crippen molar-refractivity contribution in [1.29, 1.82) is 0 Å². The molecule has 0 aromatic carbocycles. The van der Waals surface area contributed by atoms with E-state index in [9.17, 15) is 4.39 Å². The van der Waals surface area contributed by atoms with Gasteiger partial charge in [-0.05, 0) is 0 Å². The molecular formula is C4H4BrF. The van der Waals surface area contributed by atoms with Gasteiger partial charge in [0.1, 0.15) is 6.67 Å². The Labute approximate surface area is 44.9 Å². The summed E-state index contributed by atoms with van der Waals surface area (Å²) < 4.78 is 11.0. The third kappa shape index (κ3) is 3.97. The van der Waals surface area contributed by atoms with Crippen LogP contribution in [-0.2, 0) is 0 Å². The molecule has 6 heavy (non-hydrogen) atoms. The number of hydrogen-bond acceptors (Lipinski definition) is 0. The highest BCUT2D eigenvalue weighted by atomic mass is 79.9. The van der Waals surface area contributed by atoms with Crippen LogP contribution in [0.5, 0.6) is 0 Å². The zero-order chi connectivity index (χ0) is 4.83. The molecule has 0 aromatic heterocycles. The minimum absolute atomic E-state index is 0.536. The van der Waals surface area contributed by atoms with Crippen molar-refractivity contribution in [1.82, 2.24) is 0 Å². The molecule has 0 nitrogen and oxygen atoms in total. The topological polar surface area (TPSA) is 0 Å². The number of hydrogen-bond donors (Lipinski definition) is 0. The lowest BCUT2D eigenvalue weighted by Gasteiger charge is -1.62. The molecule has 34 valence electrons. The highest BCUT2D eigenvalue weighted by molar-refractivity contribution is 9.09. The van der Waals surface area contributed by atoms with Gasteiger partial charge in [-0.3, -0.25) is 0 Å². The molecule has 0 rings (SSSR count). The molecule has 0 amide bonds. The van der Waals surface area contributed by atoms with Gasteiger partial charge in [-0.15, -0.1) is 0 Å². The minimum Gasteiger partial charge on any atom is -0.237 e. The third-order valence-corrected chi connectivity index (χ3v) is 0.539. The Balaban J connectivity index is 2.90. The summed E-state index contributed by atoms with van der Waals surface area (Å²) in [4.78, 5) is 0. The standard InChI is InChI=1S/C4H4BrF/c5-3-1-2-4-6/h3-4H2. The van der Waals surface area contributed by atoms with Crippen LogP contribution in [0.2, 0.25) is 0 Å². The van der Waals surface area contributed by atoms with Gasteiger partial charge in [0.05, 0.1) is 5.33 Å². The van der Waals surface area contributed by atoms with E-state index in [1.165, 1.54) is 0 Å². The van der Waals surface area contributed by atoms with Crippen molar-refractivity contribution in [3.8, 4) is 11.8 Å². The molecule has 0 atom stereocenters. The van der Waals surface area contributed by atoms with Crippen molar-refractivity contribution in [3.05, 3.63) is 0 Å². The van der Waals surface area contributed by atoms with E-state index < -0.39 is 6.67 Å². The maximum Gasteiger partial charge on any atom is 0.150 e. The minimum atomic E-state index is -0.536. The fourth-order valence-corrected chi connectivity index (χ4v) is 0.293. The fourth-order valence-electron chi connectivity index (χ4n) is 0.0945. The van der Waals surface area contributed by atoms with Crippen LogP contribution in [0.15, 0.2) is 0 Å². The van der Waals surface area contributed by atoms with E-state index >= 15 is 0 Å². The van der Waals surface area contributed by atoms with Gasteiger partial charge in [0, 0.05) is 0 Å². The van der Waals surface area contributed by atoms with E-state index in [-0.39, 0.29) is 0 Å². The summed E-state index contributed by atoms with van der Waals surface area (Å²) in [6, 6.07) is 0. The van der Waals surface area contributed by atoms with Crippen molar-refractivity contribution < 1.29 is 4.39 Å². The van der Waals surface area contributed by atoms with Gasteiger partial charge in [0.15, 0.2) is 0 Å². The first kappa shape index (κ1) is 5.97. The summed E-state index contributed by atoms with van der Waals surface area (Å²) >= 11 is 3.01. The van der Waals surface area contributed by atoms with Gasteiger partial charge in [-0.1, -0.05) is 27.8 Å². The van der Waals surface area contributed by atoms with E-state index in [1.54, 1.807) is 0 Å². The van der Waals surface area contributed by atoms with Crippen LogP contribution in [0.3, 0.4) is 0 Å². The molecule has 0 spiro atoms. The number of halogens is 2. The average molecular weight is 151 g/mol. The maximum absolute atomic E-state index is 11.0. The van der Waals surface area contributed by atoms with Crippen LogP contribution in [0.1, 0.15) is 0 Å². The van der Waals surface area contributed by atoms with E-state index in [1.807, 2.05) is 0 Å². The average Bonchev–Trinajstić information content (AvgIpc) is 1.61. The highest BCUT2D eigenvalue weighted by Crippen LogP contribution is 1.72. The predicted octanol–water partition coefficient (Wildman–Crippen LogP) is 1.35. The van der Waals surface area contributed by atoms with Crippen molar-refractivity contribution in [2.75, 3.05) is 12.0 Å². The third-order valence-electron chi connectivity index (χ3n) is 0.259. The second-order valence-corrected chi connectivity index (χ2v) is 1.18. The van der Waals surface area contributed by atoms with Crippen LogP contribution in [0.25, 0.3) is 0 Å². The first-order valence-electron chi connectivity index (χ1n) is 1.49. The number of alkyl halides is 2. The van der Waals surface area contributed by atoms with Crippen LogP contribution in [0.4, 0.5) is 4.39 Å². The molecule has 0 aliphatic carbocycles. The molecule has 0 bridgehead atoms. The zero-order valence-electron chi connectivity index (χ0n) is 3.17. The van der Waals surface area contributed by atoms with E-state index in [0.29, 0.717) is 5.33 Å². The Morgan fingerprint density at radius 1 is 1.50 bits per heavy atom. The van der Waals surface area contributed by atoms with Gasteiger partial charge in [-0.25, -0.2) is 4.39 Å². The smallest absolute Gasteiger partial charge is 0.150 e. The SMILES string of the molecule is FCC#CCBr. The molecule has 0 saturated carbocycles. The Kier molecular flexibility index (Phi) is 4.95. The summed E-state index contributed by atoms with van der Waals surface area (Å²) in [6.45, 7) is -0.536. The fraction of sp³-hybridized carbons (Fsp3) is 0.500. The maximum atomic E-state index is 11.0. The Hall–Kier alpha value is -0.0300. The molecule has 0 aromatic rings. The Bertz CT molecular complexity index is 61.4. The predicted molar refractivity (Wildman–Crippen MR) is 27.5 cm³/mol. The molecular weight excluding hydrogens is 147 g/mol. The lowest BCUT2D eigenvalue weighted by atomic mass is 10.7. The Morgan fingerprint density at radius 2 is 2.17 bits per heavy atom. The lowest BCUT2D eigenvalue weighted by molar-refractivity contribution is 0.573. The quantitative estimate of drug-likeness (QED) is 0.362. The molecule has 0 unspecified atom stereocenters. The van der Waals surface area contributed by atoms with E-state index in [2.05, 4.69) is 27.8 Å². The van der Waals surface area contributed by atoms with Crippen molar-refractivity contribution in [2.24, 2.45) is 0 Å². The molecule has 2 heteroatoms. The van der Waals surface area contributed by atoms with Gasteiger partial charge < -0.3 is 0 Å². The molecule has 0 heterocycles. The van der Waals surface area contributed by atoms with Crippen molar-refractivity contribution in [3.63, 3.8) is 0 Å². The lowest BCUT2D eigenvalue weighted by Crippen LogP contribution is -1.62. The first-order chi connectivity index (χ1) is 2.91. The summed E-state index contributed by atoms with van der Waals surface area (Å²) in [5, 5.41) is 0.566. The van der Waals surface area contributed by atoms with Gasteiger partial charge >= 0.3 is 0 Å². The van der Waals surface area contributed by atoms with Crippen LogP contribution >= 0.6 is 15.9 Å².